The smallest absolute Gasteiger partial charge is 0.0852 e. The van der Waals surface area contributed by atoms with E-state index in [0.29, 0.717) is 11.3 Å². The molecule has 0 N–H and O–H groups in total. The summed E-state index contributed by atoms with van der Waals surface area (Å²) < 4.78 is 13.2. The fraction of sp³-hybridized carbons (Fsp3) is 0.174. The summed E-state index contributed by atoms with van der Waals surface area (Å²) in [5.41, 5.74) is 2.29. The summed E-state index contributed by atoms with van der Waals surface area (Å²) in [5, 5.41) is 9.96. The molecule has 3 rings (SSSR count). The van der Waals surface area contributed by atoms with E-state index in [9.17, 15) is 9.47 Å². The average molecular weight is 359 g/mol. The van der Waals surface area contributed by atoms with E-state index in [1.807, 2.05) is 92.7 Å². The summed E-state index contributed by atoms with van der Waals surface area (Å²) in [4.78, 5) is 1.46. The molecule has 26 heavy (non-hydrogen) atoms. The quantitative estimate of drug-likeness (QED) is 0.629. The van der Waals surface area contributed by atoms with E-state index in [2.05, 4.69) is 6.07 Å². The van der Waals surface area contributed by atoms with Crippen LogP contribution in [0.4, 0.5) is 0 Å². The molecule has 130 valence electrons. The van der Waals surface area contributed by atoms with Crippen LogP contribution in [-0.4, -0.2) is 4.21 Å². The molecule has 0 heterocycles. The molecule has 2 unspecified atom stereocenters. The SMILES string of the molecule is Cc1ccc(S(=O)c2ccccc2C(C)(C#N)Cc2ccccc2)cc1. The lowest BCUT2D eigenvalue weighted by Gasteiger charge is -2.25. The first-order valence-electron chi connectivity index (χ1n) is 8.57. The minimum Gasteiger partial charge on any atom is -0.249 e. The Morgan fingerprint density at radius 1 is 0.923 bits per heavy atom. The predicted molar refractivity (Wildman–Crippen MR) is 105 cm³/mol. The van der Waals surface area contributed by atoms with E-state index in [0.717, 1.165) is 21.6 Å². The molecule has 3 aromatic rings. The summed E-state index contributed by atoms with van der Waals surface area (Å²) in [6.07, 6.45) is 0.576. The van der Waals surface area contributed by atoms with Crippen molar-refractivity contribution in [3.8, 4) is 6.07 Å². The maximum Gasteiger partial charge on any atom is 0.0852 e. The summed E-state index contributed by atoms with van der Waals surface area (Å²) in [6, 6.07) is 27.7. The Morgan fingerprint density at radius 2 is 1.54 bits per heavy atom. The lowest BCUT2D eigenvalue weighted by Crippen LogP contribution is -2.24. The second kappa shape index (κ2) is 7.68. The third-order valence-electron chi connectivity index (χ3n) is 4.56. The van der Waals surface area contributed by atoms with Crippen LogP contribution in [-0.2, 0) is 22.6 Å². The minimum atomic E-state index is -1.32. The average Bonchev–Trinajstić information content (AvgIpc) is 2.69. The molecule has 3 aromatic carbocycles. The van der Waals surface area contributed by atoms with Crippen LogP contribution in [0, 0.1) is 18.3 Å². The Balaban J connectivity index is 2.03. The maximum atomic E-state index is 13.2. The largest absolute Gasteiger partial charge is 0.249 e. The van der Waals surface area contributed by atoms with Gasteiger partial charge in [0, 0.05) is 9.79 Å². The normalized spacial score (nSPS) is 14.2. The van der Waals surface area contributed by atoms with Crippen LogP contribution in [0.5, 0.6) is 0 Å². The van der Waals surface area contributed by atoms with E-state index in [-0.39, 0.29) is 0 Å². The van der Waals surface area contributed by atoms with Crippen LogP contribution < -0.4 is 0 Å². The van der Waals surface area contributed by atoms with E-state index in [1.165, 1.54) is 0 Å². The zero-order valence-electron chi connectivity index (χ0n) is 15.0. The van der Waals surface area contributed by atoms with E-state index in [4.69, 9.17) is 0 Å². The molecule has 0 aliphatic heterocycles. The van der Waals surface area contributed by atoms with Gasteiger partial charge in [0.25, 0.3) is 0 Å². The Labute approximate surface area is 157 Å². The number of hydrogen-bond acceptors (Lipinski definition) is 2. The van der Waals surface area contributed by atoms with Crippen molar-refractivity contribution >= 4 is 10.8 Å². The minimum absolute atomic E-state index is 0.576. The number of nitriles is 1. The molecule has 0 amide bonds. The third kappa shape index (κ3) is 3.76. The van der Waals surface area contributed by atoms with E-state index >= 15 is 0 Å². The molecule has 0 aliphatic rings. The number of aryl methyl sites for hydroxylation is 1. The molecule has 0 aromatic heterocycles. The fourth-order valence-corrected chi connectivity index (χ4v) is 4.40. The van der Waals surface area contributed by atoms with E-state index < -0.39 is 16.2 Å². The summed E-state index contributed by atoms with van der Waals surface area (Å²) >= 11 is 0. The molecule has 0 bridgehead atoms. The molecule has 3 heteroatoms. The number of benzene rings is 3. The van der Waals surface area contributed by atoms with Gasteiger partial charge in [0.15, 0.2) is 0 Å². The molecule has 0 aliphatic carbocycles. The van der Waals surface area contributed by atoms with Gasteiger partial charge in [-0.15, -0.1) is 0 Å². The molecule has 0 saturated heterocycles. The molecular weight excluding hydrogens is 338 g/mol. The molecule has 2 atom stereocenters. The lowest BCUT2D eigenvalue weighted by atomic mass is 9.78. The van der Waals surface area contributed by atoms with Gasteiger partial charge in [-0.2, -0.15) is 5.26 Å². The van der Waals surface area contributed by atoms with Crippen molar-refractivity contribution in [2.45, 2.75) is 35.5 Å². The highest BCUT2D eigenvalue weighted by Crippen LogP contribution is 2.33. The van der Waals surface area contributed by atoms with Crippen LogP contribution >= 0.6 is 0 Å². The monoisotopic (exact) mass is 359 g/mol. The van der Waals surface area contributed by atoms with Gasteiger partial charge in [-0.05, 0) is 49.6 Å². The highest BCUT2D eigenvalue weighted by atomic mass is 32.2. The standard InChI is InChI=1S/C23H21NOS/c1-18-12-14-20(15-13-18)26(25)22-11-7-6-10-21(22)23(2,17-24)16-19-8-4-3-5-9-19/h3-15H,16H2,1-2H3. The third-order valence-corrected chi connectivity index (χ3v) is 6.02. The first-order valence-corrected chi connectivity index (χ1v) is 9.71. The van der Waals surface area contributed by atoms with Crippen molar-refractivity contribution in [2.75, 3.05) is 0 Å². The van der Waals surface area contributed by atoms with Gasteiger partial charge in [-0.1, -0.05) is 66.2 Å². The van der Waals surface area contributed by atoms with Crippen LogP contribution in [0.1, 0.15) is 23.6 Å². The van der Waals surface area contributed by atoms with Gasteiger partial charge in [0.1, 0.15) is 0 Å². The zero-order chi connectivity index (χ0) is 18.6. The first-order chi connectivity index (χ1) is 12.5. The van der Waals surface area contributed by atoms with Crippen molar-refractivity contribution in [1.82, 2.24) is 0 Å². The van der Waals surface area contributed by atoms with Crippen molar-refractivity contribution in [2.24, 2.45) is 0 Å². The maximum absolute atomic E-state index is 13.2. The Morgan fingerprint density at radius 3 is 2.19 bits per heavy atom. The topological polar surface area (TPSA) is 40.9 Å². The fourth-order valence-electron chi connectivity index (χ4n) is 3.07. The van der Waals surface area contributed by atoms with Crippen molar-refractivity contribution in [3.63, 3.8) is 0 Å². The Bertz CT molecular complexity index is 958. The zero-order valence-corrected chi connectivity index (χ0v) is 15.8. The number of nitrogens with zero attached hydrogens (tertiary/aromatic N) is 1. The molecule has 0 saturated carbocycles. The van der Waals surface area contributed by atoms with Crippen LogP contribution in [0.2, 0.25) is 0 Å². The lowest BCUT2D eigenvalue weighted by molar-refractivity contribution is 0.591. The van der Waals surface area contributed by atoms with Crippen LogP contribution in [0.3, 0.4) is 0 Å². The highest BCUT2D eigenvalue weighted by Gasteiger charge is 2.31. The second-order valence-electron chi connectivity index (χ2n) is 6.68. The first kappa shape index (κ1) is 18.1. The summed E-state index contributed by atoms with van der Waals surface area (Å²) in [7, 11) is -1.32. The Kier molecular flexibility index (Phi) is 5.35. The van der Waals surface area contributed by atoms with Crippen LogP contribution in [0.15, 0.2) is 88.7 Å². The number of rotatable bonds is 5. The molecule has 0 fully saturated rings. The van der Waals surface area contributed by atoms with Gasteiger partial charge < -0.3 is 0 Å². The Hall–Kier alpha value is -2.70. The van der Waals surface area contributed by atoms with Crippen molar-refractivity contribution in [1.29, 1.82) is 5.26 Å². The van der Waals surface area contributed by atoms with Crippen molar-refractivity contribution < 1.29 is 4.21 Å². The molecule has 0 spiro atoms. The summed E-state index contributed by atoms with van der Waals surface area (Å²) in [5.74, 6) is 0. The number of hydrogen-bond donors (Lipinski definition) is 0. The van der Waals surface area contributed by atoms with Gasteiger partial charge >= 0.3 is 0 Å². The second-order valence-corrected chi connectivity index (χ2v) is 8.13. The summed E-state index contributed by atoms with van der Waals surface area (Å²) in [6.45, 7) is 3.93. The van der Waals surface area contributed by atoms with Gasteiger partial charge in [0.2, 0.25) is 0 Å². The molecule has 0 radical (unpaired) electrons. The molecular formula is C23H21NOS. The van der Waals surface area contributed by atoms with Gasteiger partial charge in [-0.25, -0.2) is 4.21 Å². The van der Waals surface area contributed by atoms with Gasteiger partial charge in [0.05, 0.1) is 22.3 Å². The van der Waals surface area contributed by atoms with E-state index in [1.54, 1.807) is 0 Å². The highest BCUT2D eigenvalue weighted by molar-refractivity contribution is 7.85. The molecule has 2 nitrogen and oxygen atoms in total. The van der Waals surface area contributed by atoms with Crippen molar-refractivity contribution in [3.05, 3.63) is 95.6 Å². The predicted octanol–water partition coefficient (Wildman–Crippen LogP) is 5.19. The van der Waals surface area contributed by atoms with Crippen LogP contribution in [0.25, 0.3) is 0 Å². The van der Waals surface area contributed by atoms with Gasteiger partial charge in [-0.3, -0.25) is 0 Å².